The van der Waals surface area contributed by atoms with Crippen molar-refractivity contribution in [3.8, 4) is 0 Å². The summed E-state index contributed by atoms with van der Waals surface area (Å²) in [6, 6.07) is 2.03. The standard InChI is InChI=1S/C11H18N4O4S/c1-7-3-8(14-10(13)4-7)5-15(20(2,18)19)6-9(12)11(16)17/h3-4,9H,5-6,12H2,1-2H3,(H2,13,14)(H,16,17)/t9-/m0/s1. The highest BCUT2D eigenvalue weighted by atomic mass is 32.2. The molecule has 9 heteroatoms. The first-order valence-electron chi connectivity index (χ1n) is 5.76. The molecule has 1 rings (SSSR count). The number of aromatic nitrogens is 1. The maximum absolute atomic E-state index is 11.7. The number of nitrogens with zero attached hydrogens (tertiary/aromatic N) is 2. The molecule has 0 radical (unpaired) electrons. The fourth-order valence-corrected chi connectivity index (χ4v) is 2.44. The van der Waals surface area contributed by atoms with Crippen LogP contribution in [-0.4, -0.2) is 47.6 Å². The number of carboxylic acids is 1. The average Bonchev–Trinajstić information content (AvgIpc) is 2.25. The zero-order valence-corrected chi connectivity index (χ0v) is 12.1. The Bertz CT molecular complexity index is 582. The van der Waals surface area contributed by atoms with Crippen molar-refractivity contribution in [2.24, 2.45) is 5.73 Å². The molecular formula is C11H18N4O4S. The molecule has 0 fully saturated rings. The highest BCUT2D eigenvalue weighted by Gasteiger charge is 2.24. The minimum absolute atomic E-state index is 0.0777. The summed E-state index contributed by atoms with van der Waals surface area (Å²) >= 11 is 0. The Balaban J connectivity index is 2.98. The Morgan fingerprint density at radius 1 is 1.50 bits per heavy atom. The zero-order valence-electron chi connectivity index (χ0n) is 11.3. The number of hydrogen-bond acceptors (Lipinski definition) is 6. The molecule has 0 bridgehead atoms. The zero-order chi connectivity index (χ0) is 15.5. The Labute approximate surface area is 117 Å². The van der Waals surface area contributed by atoms with Crippen LogP contribution in [0, 0.1) is 6.92 Å². The van der Waals surface area contributed by atoms with Gasteiger partial charge < -0.3 is 16.6 Å². The van der Waals surface area contributed by atoms with E-state index in [0.29, 0.717) is 5.69 Å². The van der Waals surface area contributed by atoms with Crippen LogP contribution in [0.3, 0.4) is 0 Å². The highest BCUT2D eigenvalue weighted by Crippen LogP contribution is 2.11. The predicted molar refractivity (Wildman–Crippen MR) is 74.3 cm³/mol. The van der Waals surface area contributed by atoms with Crippen molar-refractivity contribution in [3.05, 3.63) is 23.4 Å². The van der Waals surface area contributed by atoms with Gasteiger partial charge in [0.05, 0.1) is 18.5 Å². The Morgan fingerprint density at radius 3 is 2.55 bits per heavy atom. The van der Waals surface area contributed by atoms with Crippen LogP contribution in [0.4, 0.5) is 5.82 Å². The lowest BCUT2D eigenvalue weighted by Gasteiger charge is -2.21. The van der Waals surface area contributed by atoms with Gasteiger partial charge in [-0.1, -0.05) is 0 Å². The van der Waals surface area contributed by atoms with Crippen molar-refractivity contribution >= 4 is 21.8 Å². The van der Waals surface area contributed by atoms with E-state index in [1.54, 1.807) is 19.1 Å². The second-order valence-corrected chi connectivity index (χ2v) is 6.54. The number of anilines is 1. The fraction of sp³-hybridized carbons (Fsp3) is 0.455. The molecule has 1 atom stereocenters. The molecule has 1 aromatic rings. The molecule has 8 nitrogen and oxygen atoms in total. The minimum atomic E-state index is -3.61. The van der Waals surface area contributed by atoms with Gasteiger partial charge in [0.15, 0.2) is 0 Å². The molecular weight excluding hydrogens is 284 g/mol. The van der Waals surface area contributed by atoms with Gasteiger partial charge in [0.25, 0.3) is 0 Å². The quantitative estimate of drug-likeness (QED) is 0.621. The van der Waals surface area contributed by atoms with E-state index in [1.165, 1.54) is 0 Å². The highest BCUT2D eigenvalue weighted by molar-refractivity contribution is 7.88. The molecule has 1 aromatic heterocycles. The van der Waals surface area contributed by atoms with Crippen molar-refractivity contribution in [3.63, 3.8) is 0 Å². The van der Waals surface area contributed by atoms with E-state index in [1.807, 2.05) is 0 Å². The predicted octanol–water partition coefficient (Wildman–Crippen LogP) is -0.854. The lowest BCUT2D eigenvalue weighted by atomic mass is 10.2. The molecule has 0 amide bonds. The largest absolute Gasteiger partial charge is 0.480 e. The van der Waals surface area contributed by atoms with E-state index >= 15 is 0 Å². The second-order valence-electron chi connectivity index (χ2n) is 4.56. The van der Waals surface area contributed by atoms with Crippen molar-refractivity contribution in [2.45, 2.75) is 19.5 Å². The molecule has 20 heavy (non-hydrogen) atoms. The molecule has 0 unspecified atom stereocenters. The summed E-state index contributed by atoms with van der Waals surface area (Å²) in [5.74, 6) is -0.994. The number of aryl methyl sites for hydroxylation is 1. The van der Waals surface area contributed by atoms with Gasteiger partial charge in [-0.05, 0) is 24.6 Å². The van der Waals surface area contributed by atoms with Crippen LogP contribution in [0.5, 0.6) is 0 Å². The monoisotopic (exact) mass is 302 g/mol. The first-order valence-corrected chi connectivity index (χ1v) is 7.61. The molecule has 0 aliphatic heterocycles. The maximum Gasteiger partial charge on any atom is 0.321 e. The number of carboxylic acid groups (broad SMARTS) is 1. The van der Waals surface area contributed by atoms with Crippen LogP contribution >= 0.6 is 0 Å². The van der Waals surface area contributed by atoms with E-state index in [2.05, 4.69) is 4.98 Å². The number of nitrogen functional groups attached to an aromatic ring is 1. The smallest absolute Gasteiger partial charge is 0.321 e. The summed E-state index contributed by atoms with van der Waals surface area (Å²) < 4.78 is 24.3. The first-order chi connectivity index (χ1) is 9.09. The van der Waals surface area contributed by atoms with E-state index in [4.69, 9.17) is 16.6 Å². The van der Waals surface area contributed by atoms with Crippen LogP contribution in [0.1, 0.15) is 11.3 Å². The average molecular weight is 302 g/mol. The fourth-order valence-electron chi connectivity index (χ4n) is 1.64. The summed E-state index contributed by atoms with van der Waals surface area (Å²) in [6.07, 6.45) is 0.987. The molecule has 0 aromatic carbocycles. The molecule has 0 aliphatic rings. The SMILES string of the molecule is Cc1cc(N)nc(CN(C[C@H](N)C(=O)O)S(C)(=O)=O)c1. The van der Waals surface area contributed by atoms with Crippen LogP contribution in [0.25, 0.3) is 0 Å². The van der Waals surface area contributed by atoms with Gasteiger partial charge in [0.1, 0.15) is 11.9 Å². The van der Waals surface area contributed by atoms with Crippen molar-refractivity contribution < 1.29 is 18.3 Å². The molecule has 1 heterocycles. The number of hydrogen-bond donors (Lipinski definition) is 3. The van der Waals surface area contributed by atoms with Crippen LogP contribution < -0.4 is 11.5 Å². The minimum Gasteiger partial charge on any atom is -0.480 e. The van der Waals surface area contributed by atoms with Crippen LogP contribution in [0.2, 0.25) is 0 Å². The number of rotatable bonds is 6. The summed E-state index contributed by atoms with van der Waals surface area (Å²) in [6.45, 7) is 1.39. The number of pyridine rings is 1. The Kier molecular flexibility index (Phi) is 5.03. The molecule has 112 valence electrons. The van der Waals surface area contributed by atoms with E-state index in [0.717, 1.165) is 16.1 Å². The van der Waals surface area contributed by atoms with E-state index in [9.17, 15) is 13.2 Å². The topological polar surface area (TPSA) is 140 Å². The summed E-state index contributed by atoms with van der Waals surface area (Å²) in [5, 5.41) is 8.77. The van der Waals surface area contributed by atoms with Crippen LogP contribution in [0.15, 0.2) is 12.1 Å². The summed E-state index contributed by atoms with van der Waals surface area (Å²) in [5.41, 5.74) is 12.2. The first kappa shape index (κ1) is 16.3. The maximum atomic E-state index is 11.7. The molecule has 0 saturated heterocycles. The van der Waals surface area contributed by atoms with Crippen molar-refractivity contribution in [2.75, 3.05) is 18.5 Å². The molecule has 0 saturated carbocycles. The third kappa shape index (κ3) is 4.76. The van der Waals surface area contributed by atoms with Crippen molar-refractivity contribution in [1.29, 1.82) is 0 Å². The van der Waals surface area contributed by atoms with Gasteiger partial charge in [-0.25, -0.2) is 13.4 Å². The number of carbonyl (C=O) groups is 1. The Morgan fingerprint density at radius 2 is 2.10 bits per heavy atom. The lowest BCUT2D eigenvalue weighted by Crippen LogP contribution is -2.44. The summed E-state index contributed by atoms with van der Waals surface area (Å²) in [4.78, 5) is 14.8. The van der Waals surface area contributed by atoms with Crippen LogP contribution in [-0.2, 0) is 21.4 Å². The molecule has 0 aliphatic carbocycles. The van der Waals surface area contributed by atoms with E-state index in [-0.39, 0.29) is 18.9 Å². The van der Waals surface area contributed by atoms with Gasteiger partial charge in [-0.15, -0.1) is 0 Å². The van der Waals surface area contributed by atoms with Gasteiger partial charge in [0, 0.05) is 6.54 Å². The van der Waals surface area contributed by atoms with Gasteiger partial charge in [-0.3, -0.25) is 4.79 Å². The Hall–Kier alpha value is -1.71. The van der Waals surface area contributed by atoms with Gasteiger partial charge in [0.2, 0.25) is 10.0 Å². The number of nitrogens with two attached hydrogens (primary N) is 2. The third-order valence-electron chi connectivity index (χ3n) is 2.57. The summed E-state index contributed by atoms with van der Waals surface area (Å²) in [7, 11) is -3.61. The van der Waals surface area contributed by atoms with Gasteiger partial charge in [-0.2, -0.15) is 4.31 Å². The third-order valence-corrected chi connectivity index (χ3v) is 3.78. The second kappa shape index (κ2) is 6.16. The normalized spacial score (nSPS) is 13.4. The lowest BCUT2D eigenvalue weighted by molar-refractivity contribution is -0.138. The number of sulfonamides is 1. The molecule has 0 spiro atoms. The molecule has 5 N–H and O–H groups in total. The number of aliphatic carboxylic acids is 1. The van der Waals surface area contributed by atoms with Crippen molar-refractivity contribution in [1.82, 2.24) is 9.29 Å². The van der Waals surface area contributed by atoms with Gasteiger partial charge >= 0.3 is 5.97 Å². The van der Waals surface area contributed by atoms with E-state index < -0.39 is 22.0 Å².